The lowest BCUT2D eigenvalue weighted by Crippen LogP contribution is -2.05. The number of hydrogen-bond donors (Lipinski definition) is 1. The number of aromatic nitrogens is 1. The number of aliphatic hydroxyl groups excluding tert-OH is 1. The summed E-state index contributed by atoms with van der Waals surface area (Å²) in [4.78, 5) is 3.88. The van der Waals surface area contributed by atoms with Crippen LogP contribution < -0.4 is 4.74 Å². The third-order valence-electron chi connectivity index (χ3n) is 2.71. The van der Waals surface area contributed by atoms with Crippen LogP contribution in [0.4, 0.5) is 4.39 Å². The Balaban J connectivity index is 2.41. The highest BCUT2D eigenvalue weighted by Gasteiger charge is 2.16. The van der Waals surface area contributed by atoms with Gasteiger partial charge >= 0.3 is 0 Å². The predicted octanol–water partition coefficient (Wildman–Crippen LogP) is 2.62. The zero-order chi connectivity index (χ0) is 13.1. The van der Waals surface area contributed by atoms with Gasteiger partial charge in [-0.05, 0) is 31.2 Å². The fourth-order valence-corrected chi connectivity index (χ4v) is 1.78. The summed E-state index contributed by atoms with van der Waals surface area (Å²) in [6, 6.07) is 8.24. The number of hydrogen-bond acceptors (Lipinski definition) is 3. The minimum absolute atomic E-state index is 0.389. The third kappa shape index (κ3) is 2.49. The Kier molecular flexibility index (Phi) is 3.58. The maximum Gasteiger partial charge on any atom is 0.141 e. The third-order valence-corrected chi connectivity index (χ3v) is 2.71. The maximum absolute atomic E-state index is 12.8. The molecular weight excluding hydrogens is 233 g/mol. The zero-order valence-corrected chi connectivity index (χ0v) is 10.2. The van der Waals surface area contributed by atoms with Crippen LogP contribution in [0.3, 0.4) is 0 Å². The van der Waals surface area contributed by atoms with Crippen molar-refractivity contribution in [2.45, 2.75) is 13.0 Å². The van der Waals surface area contributed by atoms with Gasteiger partial charge in [0, 0.05) is 5.56 Å². The summed E-state index contributed by atoms with van der Waals surface area (Å²) in [6.45, 7) is 1.92. The van der Waals surface area contributed by atoms with E-state index in [0.29, 0.717) is 17.0 Å². The molecule has 1 N–H and O–H groups in total. The maximum atomic E-state index is 12.8. The molecule has 0 fully saturated rings. The van der Waals surface area contributed by atoms with Crippen LogP contribution in [0.5, 0.6) is 5.75 Å². The van der Waals surface area contributed by atoms with E-state index >= 15 is 0 Å². The van der Waals surface area contributed by atoms with Crippen LogP contribution >= 0.6 is 0 Å². The van der Waals surface area contributed by atoms with Crippen molar-refractivity contribution in [1.82, 2.24) is 4.98 Å². The molecule has 0 amide bonds. The Morgan fingerprint density at radius 2 is 2.06 bits per heavy atom. The standard InChI is InChI=1S/C14H14FNO2/c1-9-3-6-13(18-2)11(7-9)14(17)12-5-4-10(15)8-16-12/h3-8,14,17H,1-2H3. The zero-order valence-electron chi connectivity index (χ0n) is 10.2. The summed E-state index contributed by atoms with van der Waals surface area (Å²) in [5.41, 5.74) is 2.02. The normalized spacial score (nSPS) is 12.2. The van der Waals surface area contributed by atoms with Crippen molar-refractivity contribution in [3.8, 4) is 5.75 Å². The topological polar surface area (TPSA) is 42.4 Å². The van der Waals surface area contributed by atoms with E-state index in [1.807, 2.05) is 19.1 Å². The monoisotopic (exact) mass is 247 g/mol. The van der Waals surface area contributed by atoms with Gasteiger partial charge in [0.05, 0.1) is 19.0 Å². The largest absolute Gasteiger partial charge is 0.496 e. The van der Waals surface area contributed by atoms with E-state index in [1.165, 1.54) is 12.1 Å². The molecule has 0 aliphatic rings. The van der Waals surface area contributed by atoms with E-state index < -0.39 is 11.9 Å². The van der Waals surface area contributed by atoms with E-state index in [1.54, 1.807) is 13.2 Å². The second-order valence-electron chi connectivity index (χ2n) is 4.05. The van der Waals surface area contributed by atoms with Gasteiger partial charge in [0.1, 0.15) is 17.7 Å². The number of pyridine rings is 1. The molecule has 94 valence electrons. The smallest absolute Gasteiger partial charge is 0.141 e. The van der Waals surface area contributed by atoms with Gasteiger partial charge < -0.3 is 9.84 Å². The average Bonchev–Trinajstić information content (AvgIpc) is 2.39. The summed E-state index contributed by atoms with van der Waals surface area (Å²) in [5.74, 6) is 0.154. The van der Waals surface area contributed by atoms with Crippen molar-refractivity contribution in [1.29, 1.82) is 0 Å². The first-order valence-electron chi connectivity index (χ1n) is 5.56. The van der Waals surface area contributed by atoms with Crippen molar-refractivity contribution in [2.75, 3.05) is 7.11 Å². The van der Waals surface area contributed by atoms with Gasteiger partial charge in [0.15, 0.2) is 0 Å². The van der Waals surface area contributed by atoms with Crippen molar-refractivity contribution < 1.29 is 14.2 Å². The van der Waals surface area contributed by atoms with Crippen molar-refractivity contribution in [3.05, 3.63) is 59.2 Å². The number of methoxy groups -OCH3 is 1. The second-order valence-corrected chi connectivity index (χ2v) is 4.05. The van der Waals surface area contributed by atoms with Gasteiger partial charge in [-0.15, -0.1) is 0 Å². The lowest BCUT2D eigenvalue weighted by atomic mass is 10.0. The number of aliphatic hydroxyl groups is 1. The number of rotatable bonds is 3. The summed E-state index contributed by atoms with van der Waals surface area (Å²) in [5, 5.41) is 10.3. The molecule has 4 heteroatoms. The van der Waals surface area contributed by atoms with Gasteiger partial charge in [-0.2, -0.15) is 0 Å². The van der Waals surface area contributed by atoms with Crippen molar-refractivity contribution in [3.63, 3.8) is 0 Å². The summed E-state index contributed by atoms with van der Waals surface area (Å²) < 4.78 is 18.0. The number of nitrogens with zero attached hydrogens (tertiary/aromatic N) is 1. The lowest BCUT2D eigenvalue weighted by molar-refractivity contribution is 0.209. The van der Waals surface area contributed by atoms with Crippen LogP contribution in [-0.2, 0) is 0 Å². The average molecular weight is 247 g/mol. The SMILES string of the molecule is COc1ccc(C)cc1C(O)c1ccc(F)cn1. The highest BCUT2D eigenvalue weighted by molar-refractivity contribution is 5.41. The van der Waals surface area contributed by atoms with E-state index in [-0.39, 0.29) is 0 Å². The number of halogens is 1. The first-order chi connectivity index (χ1) is 8.61. The van der Waals surface area contributed by atoms with Crippen molar-refractivity contribution in [2.24, 2.45) is 0 Å². The molecule has 2 rings (SSSR count). The number of aryl methyl sites for hydroxylation is 1. The highest BCUT2D eigenvalue weighted by Crippen LogP contribution is 2.29. The summed E-state index contributed by atoms with van der Waals surface area (Å²) >= 11 is 0. The first kappa shape index (κ1) is 12.5. The quantitative estimate of drug-likeness (QED) is 0.906. The molecule has 2 aromatic rings. The molecule has 0 radical (unpaired) electrons. The fraction of sp³-hybridized carbons (Fsp3) is 0.214. The van der Waals surface area contributed by atoms with Crippen LogP contribution in [0.15, 0.2) is 36.5 Å². The molecule has 1 atom stereocenters. The number of ether oxygens (including phenoxy) is 1. The summed E-state index contributed by atoms with van der Waals surface area (Å²) in [7, 11) is 1.54. The van der Waals surface area contributed by atoms with Gasteiger partial charge in [-0.25, -0.2) is 4.39 Å². The molecule has 1 aromatic heterocycles. The molecule has 0 aliphatic carbocycles. The van der Waals surface area contributed by atoms with Gasteiger partial charge in [-0.1, -0.05) is 11.6 Å². The fourth-order valence-electron chi connectivity index (χ4n) is 1.78. The molecule has 3 nitrogen and oxygen atoms in total. The van der Waals surface area contributed by atoms with Crippen LogP contribution in [0.1, 0.15) is 22.9 Å². The van der Waals surface area contributed by atoms with Crippen LogP contribution in [0.2, 0.25) is 0 Å². The van der Waals surface area contributed by atoms with E-state index in [2.05, 4.69) is 4.98 Å². The minimum atomic E-state index is -0.930. The van der Waals surface area contributed by atoms with Crippen LogP contribution in [0.25, 0.3) is 0 Å². The molecule has 0 spiro atoms. The molecule has 1 aromatic carbocycles. The van der Waals surface area contributed by atoms with Gasteiger partial charge in [-0.3, -0.25) is 4.98 Å². The number of benzene rings is 1. The molecule has 0 saturated heterocycles. The Labute approximate surface area is 105 Å². The molecule has 1 unspecified atom stereocenters. The molecule has 0 saturated carbocycles. The van der Waals surface area contributed by atoms with Crippen LogP contribution in [0, 0.1) is 12.7 Å². The Hall–Kier alpha value is -1.94. The van der Waals surface area contributed by atoms with E-state index in [0.717, 1.165) is 11.8 Å². The lowest BCUT2D eigenvalue weighted by Gasteiger charge is -2.15. The highest BCUT2D eigenvalue weighted by atomic mass is 19.1. The van der Waals surface area contributed by atoms with E-state index in [4.69, 9.17) is 4.74 Å². The Bertz CT molecular complexity index is 540. The molecule has 0 aliphatic heterocycles. The van der Waals surface area contributed by atoms with Gasteiger partial charge in [0.2, 0.25) is 0 Å². The molecule has 18 heavy (non-hydrogen) atoms. The Morgan fingerprint density at radius 3 is 2.67 bits per heavy atom. The Morgan fingerprint density at radius 1 is 1.28 bits per heavy atom. The minimum Gasteiger partial charge on any atom is -0.496 e. The van der Waals surface area contributed by atoms with Gasteiger partial charge in [0.25, 0.3) is 0 Å². The molecule has 0 bridgehead atoms. The second kappa shape index (κ2) is 5.14. The van der Waals surface area contributed by atoms with Crippen molar-refractivity contribution >= 4 is 0 Å². The summed E-state index contributed by atoms with van der Waals surface area (Å²) in [6.07, 6.45) is 0.154. The molecular formula is C14H14FNO2. The first-order valence-corrected chi connectivity index (χ1v) is 5.56. The molecule has 1 heterocycles. The predicted molar refractivity (Wildman–Crippen MR) is 66.0 cm³/mol. The van der Waals surface area contributed by atoms with Crippen LogP contribution in [-0.4, -0.2) is 17.2 Å². The van der Waals surface area contributed by atoms with E-state index in [9.17, 15) is 9.50 Å².